The minimum atomic E-state index is -2.21. The van der Waals surface area contributed by atoms with Crippen LogP contribution >= 0.6 is 0 Å². The molecule has 21 aliphatic rings. The highest BCUT2D eigenvalue weighted by Crippen LogP contribution is 2.78. The number of carbonyl (C=O) groups is 10. The Bertz CT molecular complexity index is 5610. The van der Waals surface area contributed by atoms with E-state index in [9.17, 15) is 99.0 Å². The number of Topliss-reactive ketones (excluding diaryl/α,β-unsaturated/α-hetero) is 5. The van der Waals surface area contributed by atoms with Crippen molar-refractivity contribution in [2.45, 2.75) is 337 Å². The molecule has 0 aromatic rings. The minimum absolute atomic E-state index is 0.00213. The second kappa shape index (κ2) is 35.8. The zero-order valence-corrected chi connectivity index (χ0v) is 85.7. The Labute approximate surface area is 843 Å². The predicted octanol–water partition coefficient (Wildman–Crippen LogP) is 8.75. The number of aliphatic hydroxyl groups excluding tert-OH is 6. The number of hydrogen-bond donors (Lipinski definition) is 15. The van der Waals surface area contributed by atoms with Crippen molar-refractivity contribution in [2.75, 3.05) is 32.7 Å². The van der Waals surface area contributed by atoms with Crippen LogP contribution in [0.15, 0.2) is 119 Å². The summed E-state index contributed by atoms with van der Waals surface area (Å²) in [5.74, 6) is -8.32. The molecule has 15 saturated carbocycles. The van der Waals surface area contributed by atoms with Gasteiger partial charge < -0.3 is 89.2 Å². The summed E-state index contributed by atoms with van der Waals surface area (Å²) in [6.45, 7) is 23.8. The molecule has 0 bridgehead atoms. The largest absolute Gasteiger partial charge is 0.393 e. The molecule has 0 spiro atoms. The van der Waals surface area contributed by atoms with Gasteiger partial charge in [0.2, 0.25) is 0 Å². The highest BCUT2D eigenvalue weighted by Gasteiger charge is 2.84. The molecule has 798 valence electrons. The normalized spacial score (nSPS) is 52.5. The molecular formula is C112H151F6N5O22. The zero-order chi connectivity index (χ0) is 107. The van der Waals surface area contributed by atoms with Gasteiger partial charge in [-0.1, -0.05) is 123 Å². The lowest BCUT2D eigenvalue weighted by Crippen LogP contribution is -2.71. The van der Waals surface area contributed by atoms with Gasteiger partial charge in [0.15, 0.2) is 98.0 Å². The van der Waals surface area contributed by atoms with E-state index in [4.69, 9.17) is 38.1 Å². The summed E-state index contributed by atoms with van der Waals surface area (Å²) in [6, 6.07) is 0. The van der Waals surface area contributed by atoms with Crippen molar-refractivity contribution >= 4 is 57.8 Å². The first-order chi connectivity index (χ1) is 67.4. The van der Waals surface area contributed by atoms with Crippen LogP contribution in [0, 0.1) is 137 Å². The Morgan fingerprint density at radius 2 is 0.759 bits per heavy atom. The van der Waals surface area contributed by atoms with Gasteiger partial charge in [0.25, 0.3) is 0 Å². The summed E-state index contributed by atoms with van der Waals surface area (Å²) >= 11 is 0. The van der Waals surface area contributed by atoms with Crippen LogP contribution in [-0.2, 0) is 57.4 Å². The maximum atomic E-state index is 17.2. The molecule has 20 N–H and O–H groups in total. The lowest BCUT2D eigenvalue weighted by molar-refractivity contribution is -0.233. The van der Waals surface area contributed by atoms with Gasteiger partial charge >= 0.3 is 0 Å². The molecule has 1 aliphatic heterocycles. The Kier molecular flexibility index (Phi) is 27.0. The molecule has 1 unspecified atom stereocenters. The molecule has 0 aromatic heterocycles. The summed E-state index contributed by atoms with van der Waals surface area (Å²) in [5, 5.41) is 112. The molecule has 1 heterocycles. The number of alkyl halides is 6. The molecule has 20 aliphatic carbocycles. The lowest BCUT2D eigenvalue weighted by atomic mass is 9.44. The van der Waals surface area contributed by atoms with Crippen molar-refractivity contribution in [2.24, 2.45) is 166 Å². The Morgan fingerprint density at radius 1 is 0.393 bits per heavy atom. The highest BCUT2D eigenvalue weighted by molar-refractivity contribution is 6.04. The van der Waals surface area contributed by atoms with Crippen LogP contribution in [0.2, 0.25) is 0 Å². The van der Waals surface area contributed by atoms with Crippen molar-refractivity contribution in [1.29, 1.82) is 0 Å². The zero-order valence-electron chi connectivity index (χ0n) is 85.7. The van der Waals surface area contributed by atoms with E-state index in [1.54, 1.807) is 65.8 Å². The number of rotatable bonds is 12. The number of carbonyl (C=O) groups excluding carboxylic acids is 10. The van der Waals surface area contributed by atoms with E-state index in [2.05, 4.69) is 13.8 Å². The van der Waals surface area contributed by atoms with Crippen molar-refractivity contribution < 1.29 is 135 Å². The van der Waals surface area contributed by atoms with Crippen molar-refractivity contribution in [3.05, 3.63) is 119 Å². The van der Waals surface area contributed by atoms with Crippen LogP contribution in [0.4, 0.5) is 26.3 Å². The van der Waals surface area contributed by atoms with E-state index in [1.807, 2.05) is 40.7 Å². The molecule has 0 aromatic carbocycles. The van der Waals surface area contributed by atoms with E-state index < -0.39 is 238 Å². The molecule has 27 nitrogen and oxygen atoms in total. The van der Waals surface area contributed by atoms with E-state index in [1.165, 1.54) is 61.6 Å². The van der Waals surface area contributed by atoms with Gasteiger partial charge in [0.05, 0.1) is 75.5 Å². The van der Waals surface area contributed by atoms with E-state index in [0.29, 0.717) is 69.8 Å². The van der Waals surface area contributed by atoms with Crippen molar-refractivity contribution in [3.63, 3.8) is 0 Å². The van der Waals surface area contributed by atoms with Gasteiger partial charge in [-0.3, -0.25) is 47.9 Å². The van der Waals surface area contributed by atoms with Crippen LogP contribution in [-0.4, -0.2) is 254 Å². The second-order valence-corrected chi connectivity index (χ2v) is 49.8. The Hall–Kier alpha value is -7.00. The molecule has 0 radical (unpaired) electrons. The summed E-state index contributed by atoms with van der Waals surface area (Å²) in [4.78, 5) is 123. The quantitative estimate of drug-likeness (QED) is 0.0811. The minimum Gasteiger partial charge on any atom is -0.393 e. The van der Waals surface area contributed by atoms with E-state index >= 15 is 26.3 Å². The average molecular weight is 2030 g/mol. The number of halogens is 6. The summed E-state index contributed by atoms with van der Waals surface area (Å²) in [6.07, 6.45) is 16.0. The third kappa shape index (κ3) is 14.0. The summed E-state index contributed by atoms with van der Waals surface area (Å²) in [7, 11) is 0. The number of nitrogens with two attached hydrogens (primary N) is 5. The van der Waals surface area contributed by atoms with Crippen LogP contribution in [0.3, 0.4) is 0 Å². The number of ether oxygens (including phenoxy) is 2. The number of ketones is 10. The number of allylic oxidation sites excluding steroid dienone is 20. The molecule has 16 fully saturated rings. The molecule has 43 atom stereocenters. The third-order valence-corrected chi connectivity index (χ3v) is 44.3. The lowest BCUT2D eigenvalue weighted by Gasteiger charge is -2.63. The number of hydrogen-bond acceptors (Lipinski definition) is 27. The van der Waals surface area contributed by atoms with E-state index in [0.717, 1.165) is 36.5 Å². The molecule has 33 heteroatoms. The number of aliphatic hydroxyl groups is 10. The van der Waals surface area contributed by atoms with Gasteiger partial charge in [0, 0.05) is 83.7 Å². The smallest absolute Gasteiger partial charge is 0.181 e. The fourth-order valence-electron chi connectivity index (χ4n) is 36.9. The fraction of sp³-hybridized carbons (Fsp3) is 0.732. The topological polar surface area (TPSA) is 522 Å². The van der Waals surface area contributed by atoms with Gasteiger partial charge in [-0.2, -0.15) is 0 Å². The van der Waals surface area contributed by atoms with Gasteiger partial charge in [0.1, 0.15) is 29.1 Å². The van der Waals surface area contributed by atoms with E-state index in [-0.39, 0.29) is 158 Å². The fourth-order valence-corrected chi connectivity index (χ4v) is 36.9. The monoisotopic (exact) mass is 2030 g/mol. The average Bonchev–Trinajstić information content (AvgIpc) is 1.52. The van der Waals surface area contributed by atoms with Crippen LogP contribution in [0.25, 0.3) is 0 Å². The standard InChI is InChI=1S/C25H33F2NO5.C22H29F2NO4.C22H30FNO4.C22H31NO4.C21H28FNO5/c1-4-5-21-32-20-10-14-15-9-17(26)16-8-13(29)6-7-22(16,2)24(15,27)18(30)11-23(14,3)25(20,33-21)19(31)12-28;1-11-6-13-14-8-16(23)15-7-12(26)4-5-19(15,2)21(14,24)17(27)9-20(13,3)22(11,29)18(28)10-25;1-12-8-16-15-5-4-13-9-14(25)6-7-19(13,2)21(15,23)17(26)10-20(16,3)22(12,28)18(27)11-24;1-12-8-14-15-5-7-22(27,18(26)11-23)21(15,3)10-17(25)19(14)20(2)6-4-13(24)9-16(12)20;1-18-6-5-12(24)7-11(18)3-4-13-14-8-15(25)21(28,17(27)10-23)19(14,2)9-16(26)20(13,18)22/h6-8,14-15,17-18,20-21,30H,4-5,9-12,28H2,1-3H3;4-5,7,11,13-14,16-17,27,29H,6,8-10,25H2,1-3H3;6-7,9,12,15-17,26,28H,4-5,8,10-11,24H2,1-3H3;4,6,9,12,14-15,17,19,25,27H,5,7-8,10-11,23H2,1-3H3;5-7,13-16,25-26,28H,3-4,8-10,23H2,1-2H3/t14-,15-,17-,18-,20+,21?,22-,23-,24-,25+;11-,13+,14+,16+,17+,19+,20+,21+,22+;12-,15+,16+,17+,19+,20+,21+,22+;12-,14-,15-,17-,19+,20-,21-,22-;13-,14-,15+,16-,18-,19-,20-,21-/m01100/s1. The molecule has 1 saturated heterocycles. The second-order valence-electron chi connectivity index (χ2n) is 49.8. The molecule has 21 rings (SSSR count). The van der Waals surface area contributed by atoms with Crippen LogP contribution in [0.5, 0.6) is 0 Å². The van der Waals surface area contributed by atoms with Crippen molar-refractivity contribution in [3.8, 4) is 0 Å². The first kappa shape index (κ1) is 109. The van der Waals surface area contributed by atoms with Gasteiger partial charge in [-0.05, 0) is 275 Å². The summed E-state index contributed by atoms with van der Waals surface area (Å²) in [5.41, 5.74) is 3.53. The van der Waals surface area contributed by atoms with Crippen LogP contribution < -0.4 is 28.7 Å². The third-order valence-electron chi connectivity index (χ3n) is 44.3. The Balaban J connectivity index is 0.000000124. The Morgan fingerprint density at radius 3 is 1.19 bits per heavy atom. The maximum Gasteiger partial charge on any atom is 0.181 e. The predicted molar refractivity (Wildman–Crippen MR) is 520 cm³/mol. The highest BCUT2D eigenvalue weighted by atomic mass is 19.2. The SMILES string of the molecule is CCCC1O[C@@H]2C[C@H]3[C@@H]4C[C@H](F)C5=CC(=O)C=C[C@]5(C)[C@@]4(F)[C@@H](O)C[C@]3(C)[C@]2(C(=O)CN)O1.C[C@@H]1C[C@H]2[C@@H]3CCC4=CC(=O)C=C[C@]4(C)[C@@]3(F)[C@@H](O)C[C@]2(C)[C@@]1(O)C(=O)CN.C[C@@H]1C[C@H]2[C@@H]3C[C@H](F)C4=CC(=O)C=C[C@]4(C)[C@@]3(F)[C@@H](O)C[C@]2(C)[C@@]1(O)C(=O)CN.C[C@H]1C[C@@H]2[C@H]([C@@H](O)C[C@@]3(C)[C@H]2CC[C@]3(O)C(=O)CN)[C@@]2(C)C=CC(=O)C=C12.C[C@]12C=CC(=O)C=C1CC[C@H]1[C@@H]3C[C@@H](O)[C@](O)(C(=O)CN)[C@@]3(C)C[C@H](O)[C@@]12F. The van der Waals surface area contributed by atoms with Gasteiger partial charge in [-0.25, -0.2) is 26.3 Å². The van der Waals surface area contributed by atoms with Crippen LogP contribution in [0.1, 0.15) is 225 Å². The first-order valence-electron chi connectivity index (χ1n) is 52.6. The van der Waals surface area contributed by atoms with Gasteiger partial charge in [-0.15, -0.1) is 0 Å². The van der Waals surface area contributed by atoms with Crippen molar-refractivity contribution in [1.82, 2.24) is 0 Å². The molecular weight excluding hydrogens is 1880 g/mol. The summed E-state index contributed by atoms with van der Waals surface area (Å²) < 4.78 is 111. The maximum absolute atomic E-state index is 17.2. The molecule has 0 amide bonds. The number of fused-ring (bicyclic) bond motifs is 27. The first-order valence-corrected chi connectivity index (χ1v) is 52.6. The molecule has 145 heavy (non-hydrogen) atoms.